The molecule has 0 N–H and O–H groups in total. The Hall–Kier alpha value is -1.87. The maximum atomic E-state index is 14.6. The van der Waals surface area contributed by atoms with Gasteiger partial charge in [-0.3, -0.25) is 4.18 Å². The van der Waals surface area contributed by atoms with Gasteiger partial charge in [0.25, 0.3) is 10.1 Å². The van der Waals surface area contributed by atoms with Crippen molar-refractivity contribution < 1.29 is 34.9 Å². The first kappa shape index (κ1) is 27.7. The molecule has 12 heteroatoms. The second-order valence-electron chi connectivity index (χ2n) is 9.03. The summed E-state index contributed by atoms with van der Waals surface area (Å²) < 4.78 is 87.6. The first-order chi connectivity index (χ1) is 15.9. The van der Waals surface area contributed by atoms with Gasteiger partial charge in [0.05, 0.1) is 12.3 Å². The molecular formula is C23H21BrClF4NO4S. The van der Waals surface area contributed by atoms with E-state index in [1.165, 1.54) is 32.9 Å². The second-order valence-corrected chi connectivity index (χ2v) is 12.9. The third kappa shape index (κ3) is 4.22. The van der Waals surface area contributed by atoms with Crippen LogP contribution in [0.2, 0.25) is 0 Å². The van der Waals surface area contributed by atoms with Crippen LogP contribution in [0.4, 0.5) is 17.6 Å². The zero-order valence-electron chi connectivity index (χ0n) is 19.0. The van der Waals surface area contributed by atoms with Crippen LogP contribution in [0.15, 0.2) is 48.5 Å². The highest BCUT2D eigenvalue weighted by molar-refractivity contribution is 9.10. The summed E-state index contributed by atoms with van der Waals surface area (Å²) in [6, 6.07) is 13.8. The van der Waals surface area contributed by atoms with E-state index in [0.29, 0.717) is 12.0 Å². The van der Waals surface area contributed by atoms with Crippen molar-refractivity contribution in [2.45, 2.75) is 42.2 Å². The molecule has 2 aromatic carbocycles. The molecule has 35 heavy (non-hydrogen) atoms. The summed E-state index contributed by atoms with van der Waals surface area (Å²) in [6.45, 7) is 4.46. The molecule has 4 atom stereocenters. The fourth-order valence-corrected chi connectivity index (χ4v) is 6.32. The number of nitriles is 1. The lowest BCUT2D eigenvalue weighted by Gasteiger charge is -2.36. The largest absolute Gasteiger partial charge is 0.454 e. The van der Waals surface area contributed by atoms with Gasteiger partial charge in [-0.2, -0.15) is 26.9 Å². The highest BCUT2D eigenvalue weighted by Gasteiger charge is 2.88. The van der Waals surface area contributed by atoms with Gasteiger partial charge in [0.15, 0.2) is 11.6 Å². The summed E-state index contributed by atoms with van der Waals surface area (Å²) >= 11 is 8.26. The third-order valence-corrected chi connectivity index (χ3v) is 8.81. The van der Waals surface area contributed by atoms with Crippen molar-refractivity contribution in [3.63, 3.8) is 0 Å². The van der Waals surface area contributed by atoms with Crippen LogP contribution in [0.1, 0.15) is 26.3 Å². The van der Waals surface area contributed by atoms with Crippen LogP contribution in [0, 0.1) is 28.0 Å². The molecule has 0 spiro atoms. The Morgan fingerprint density at radius 3 is 2.17 bits per heavy atom. The maximum Gasteiger partial charge on any atom is 0.420 e. The molecule has 1 saturated carbocycles. The van der Waals surface area contributed by atoms with Gasteiger partial charge in [-0.25, -0.2) is 4.39 Å². The number of hydrogen-bond acceptors (Lipinski definition) is 5. The van der Waals surface area contributed by atoms with Crippen molar-refractivity contribution in [2.24, 2.45) is 10.8 Å². The van der Waals surface area contributed by atoms with Crippen molar-refractivity contribution in [1.29, 1.82) is 5.26 Å². The minimum Gasteiger partial charge on any atom is -0.454 e. The molecule has 0 aromatic heterocycles. The van der Waals surface area contributed by atoms with Crippen LogP contribution in [-0.2, 0) is 19.7 Å². The number of alkyl halides is 5. The Morgan fingerprint density at radius 2 is 1.69 bits per heavy atom. The van der Waals surface area contributed by atoms with E-state index < -0.39 is 48.2 Å². The van der Waals surface area contributed by atoms with Crippen LogP contribution in [0.3, 0.4) is 0 Å². The summed E-state index contributed by atoms with van der Waals surface area (Å²) in [7, 11) is -4.51. The fraction of sp³-hybridized carbons (Fsp3) is 0.435. The Bertz CT molecular complexity index is 1280. The summed E-state index contributed by atoms with van der Waals surface area (Å²) in [5.41, 5.74) is -4.66. The van der Waals surface area contributed by atoms with Gasteiger partial charge in [-0.15, -0.1) is 0 Å². The molecule has 1 aliphatic carbocycles. The van der Waals surface area contributed by atoms with E-state index >= 15 is 0 Å². The molecule has 3 rings (SSSR count). The molecule has 0 amide bonds. The first-order valence-electron chi connectivity index (χ1n) is 10.1. The van der Waals surface area contributed by atoms with Crippen molar-refractivity contribution in [2.75, 3.05) is 6.26 Å². The molecular weight excluding hydrogens is 578 g/mol. The number of hydrogen-bond donors (Lipinski definition) is 0. The number of ether oxygens (including phenoxy) is 1. The zero-order chi connectivity index (χ0) is 26.7. The van der Waals surface area contributed by atoms with Gasteiger partial charge >= 0.3 is 6.18 Å². The van der Waals surface area contributed by atoms with Crippen molar-refractivity contribution in [1.82, 2.24) is 0 Å². The lowest BCUT2D eigenvalue weighted by Crippen LogP contribution is -2.53. The molecule has 1 fully saturated rings. The summed E-state index contributed by atoms with van der Waals surface area (Å²) in [4.78, 5) is 0. The molecule has 5 nitrogen and oxygen atoms in total. The minimum absolute atomic E-state index is 0.225. The molecule has 0 aliphatic heterocycles. The van der Waals surface area contributed by atoms with E-state index in [-0.39, 0.29) is 11.3 Å². The average molecular weight is 599 g/mol. The third-order valence-electron chi connectivity index (χ3n) is 6.99. The number of rotatable bonds is 7. The predicted molar refractivity (Wildman–Crippen MR) is 125 cm³/mol. The molecule has 4 unspecified atom stereocenters. The van der Waals surface area contributed by atoms with Crippen molar-refractivity contribution >= 4 is 37.6 Å². The van der Waals surface area contributed by atoms with Gasteiger partial charge in [0.2, 0.25) is 3.78 Å². The number of benzene rings is 2. The maximum absolute atomic E-state index is 14.6. The van der Waals surface area contributed by atoms with Gasteiger partial charge in [0, 0.05) is 5.41 Å². The summed E-state index contributed by atoms with van der Waals surface area (Å²) in [5, 5.41) is 10.3. The number of para-hydroxylation sites is 1. The molecule has 2 aromatic rings. The average Bonchev–Trinajstić information content (AvgIpc) is 3.14. The molecule has 0 saturated heterocycles. The Kier molecular flexibility index (Phi) is 6.82. The van der Waals surface area contributed by atoms with Crippen LogP contribution < -0.4 is 4.74 Å². The zero-order valence-corrected chi connectivity index (χ0v) is 22.1. The fourth-order valence-electron chi connectivity index (χ4n) is 4.86. The Balaban J connectivity index is 2.21. The van der Waals surface area contributed by atoms with Crippen LogP contribution in [0.25, 0.3) is 0 Å². The molecule has 1 aliphatic rings. The topological polar surface area (TPSA) is 76.4 Å². The van der Waals surface area contributed by atoms with E-state index in [1.807, 2.05) is 6.07 Å². The SMILES string of the molecule is CC1(C)C(C)(c2ccc(F)c(Oc3ccccc3)c2)C1(C#N)C(OS(C)(=O)=O)C(Cl)(Br)C(F)(F)F. The van der Waals surface area contributed by atoms with Crippen LogP contribution in [0.5, 0.6) is 11.5 Å². The van der Waals surface area contributed by atoms with Gasteiger partial charge < -0.3 is 4.74 Å². The monoisotopic (exact) mass is 597 g/mol. The Labute approximate surface area is 214 Å². The van der Waals surface area contributed by atoms with E-state index in [9.17, 15) is 31.2 Å². The van der Waals surface area contributed by atoms with E-state index in [1.54, 1.807) is 30.3 Å². The van der Waals surface area contributed by atoms with Crippen molar-refractivity contribution in [3.8, 4) is 17.6 Å². The van der Waals surface area contributed by atoms with E-state index in [4.69, 9.17) is 20.5 Å². The highest BCUT2D eigenvalue weighted by atomic mass is 79.9. The smallest absolute Gasteiger partial charge is 0.420 e. The second kappa shape index (κ2) is 8.61. The molecule has 0 bridgehead atoms. The van der Waals surface area contributed by atoms with Crippen LogP contribution >= 0.6 is 27.5 Å². The lowest BCUT2D eigenvalue weighted by atomic mass is 9.83. The molecule has 0 radical (unpaired) electrons. The van der Waals surface area contributed by atoms with E-state index in [2.05, 4.69) is 15.9 Å². The molecule has 190 valence electrons. The number of nitrogens with zero attached hydrogens (tertiary/aromatic N) is 1. The van der Waals surface area contributed by atoms with Gasteiger partial charge in [0.1, 0.15) is 17.3 Å². The summed E-state index contributed by atoms with van der Waals surface area (Å²) in [5.74, 6) is -0.656. The molecule has 0 heterocycles. The highest BCUT2D eigenvalue weighted by Crippen LogP contribution is 2.82. The quantitative estimate of drug-likeness (QED) is 0.202. The van der Waals surface area contributed by atoms with E-state index in [0.717, 1.165) is 6.07 Å². The Morgan fingerprint density at radius 1 is 1.11 bits per heavy atom. The number of halogens is 6. The van der Waals surface area contributed by atoms with Gasteiger partial charge in [-0.05, 0) is 35.2 Å². The van der Waals surface area contributed by atoms with Crippen LogP contribution in [-0.4, -0.2) is 30.7 Å². The first-order valence-corrected chi connectivity index (χ1v) is 13.1. The standard InChI is InChI=1S/C23H21BrClF4NO4S/c1-19(2)20(3,14-10-11-16(26)17(12-14)33-15-8-6-5-7-9-15)21(19,13-30)18(34-35(4,31)32)22(24,25)23(27,28)29/h5-12,18H,1-4H3. The van der Waals surface area contributed by atoms with Crippen molar-refractivity contribution in [3.05, 3.63) is 59.9 Å². The predicted octanol–water partition coefficient (Wildman–Crippen LogP) is 6.66. The normalized spacial score (nSPS) is 26.3. The summed E-state index contributed by atoms with van der Waals surface area (Å²) in [6.07, 6.45) is -7.05. The lowest BCUT2D eigenvalue weighted by molar-refractivity contribution is -0.160. The minimum atomic E-state index is -5.21. The van der Waals surface area contributed by atoms with Gasteiger partial charge in [-0.1, -0.05) is 72.6 Å².